The van der Waals surface area contributed by atoms with Crippen molar-refractivity contribution in [2.24, 2.45) is 0 Å². The van der Waals surface area contributed by atoms with Crippen LogP contribution in [0.3, 0.4) is 0 Å². The van der Waals surface area contributed by atoms with E-state index in [2.05, 4.69) is 61.4 Å². The minimum Gasteiger partial charge on any atom is -0.313 e. The van der Waals surface area contributed by atoms with Crippen molar-refractivity contribution < 1.29 is 4.79 Å². The molecule has 5 nitrogen and oxygen atoms in total. The topological polar surface area (TPSA) is 63.7 Å². The molecule has 178 valence electrons. The van der Waals surface area contributed by atoms with Crippen molar-refractivity contribution in [3.63, 3.8) is 0 Å². The number of carbonyl (C=O) groups is 1. The summed E-state index contributed by atoms with van der Waals surface area (Å²) in [6.45, 7) is 6.76. The number of aryl methyl sites for hydroxylation is 1. The standard InChI is InChI=1S/C31H28N4O/c1-21-14-17-35(33-21)20-34-16-15-26(18-31(34)32)28-7-5-9-30(23(28)3)29-8-4-6-27(22(29)2)25-12-10-24(19-36)11-13-25/h4-19,32H,20H2,1-3H3. The zero-order valence-corrected chi connectivity index (χ0v) is 20.7. The van der Waals surface area contributed by atoms with E-state index in [1.54, 1.807) is 0 Å². The highest BCUT2D eigenvalue weighted by Crippen LogP contribution is 2.36. The molecule has 0 spiro atoms. The molecule has 3 aromatic carbocycles. The van der Waals surface area contributed by atoms with E-state index in [-0.39, 0.29) is 0 Å². The minimum absolute atomic E-state index is 0.433. The van der Waals surface area contributed by atoms with Gasteiger partial charge in [-0.2, -0.15) is 5.10 Å². The molecule has 5 heteroatoms. The van der Waals surface area contributed by atoms with Crippen LogP contribution in [0.4, 0.5) is 0 Å². The fraction of sp³-hybridized carbons (Fsp3) is 0.129. The van der Waals surface area contributed by atoms with Gasteiger partial charge in [0.15, 0.2) is 0 Å². The Labute approximate surface area is 210 Å². The molecule has 1 N–H and O–H groups in total. The molecule has 0 aliphatic carbocycles. The number of benzene rings is 3. The van der Waals surface area contributed by atoms with E-state index in [9.17, 15) is 4.79 Å². The molecular weight excluding hydrogens is 444 g/mol. The van der Waals surface area contributed by atoms with E-state index in [0.717, 1.165) is 34.2 Å². The van der Waals surface area contributed by atoms with Gasteiger partial charge in [-0.05, 0) is 83.5 Å². The van der Waals surface area contributed by atoms with Gasteiger partial charge in [-0.15, -0.1) is 0 Å². The minimum atomic E-state index is 0.433. The van der Waals surface area contributed by atoms with Gasteiger partial charge >= 0.3 is 0 Å². The number of rotatable bonds is 6. The van der Waals surface area contributed by atoms with Crippen LogP contribution in [0.15, 0.2) is 91.3 Å². The number of carbonyl (C=O) groups excluding carboxylic acids is 1. The molecule has 2 aromatic heterocycles. The van der Waals surface area contributed by atoms with Gasteiger partial charge in [0.2, 0.25) is 0 Å². The number of pyridine rings is 1. The van der Waals surface area contributed by atoms with Gasteiger partial charge in [-0.1, -0.05) is 60.7 Å². The first-order chi connectivity index (χ1) is 17.4. The van der Waals surface area contributed by atoms with Crippen LogP contribution in [0, 0.1) is 26.2 Å². The zero-order valence-electron chi connectivity index (χ0n) is 20.7. The van der Waals surface area contributed by atoms with Gasteiger partial charge in [0.05, 0.1) is 5.69 Å². The Morgan fingerprint density at radius 2 is 1.36 bits per heavy atom. The summed E-state index contributed by atoms with van der Waals surface area (Å²) in [4.78, 5) is 11.1. The number of aromatic nitrogens is 3. The van der Waals surface area contributed by atoms with Crippen molar-refractivity contribution in [3.05, 3.63) is 119 Å². The van der Waals surface area contributed by atoms with Gasteiger partial charge in [0.25, 0.3) is 0 Å². The lowest BCUT2D eigenvalue weighted by molar-refractivity contribution is 0.112. The molecule has 0 radical (unpaired) electrons. The molecule has 0 atom stereocenters. The van der Waals surface area contributed by atoms with E-state index in [4.69, 9.17) is 5.41 Å². The van der Waals surface area contributed by atoms with E-state index in [0.29, 0.717) is 17.7 Å². The third-order valence-electron chi connectivity index (χ3n) is 6.73. The highest BCUT2D eigenvalue weighted by Gasteiger charge is 2.13. The number of hydrogen-bond donors (Lipinski definition) is 1. The van der Waals surface area contributed by atoms with Gasteiger partial charge in [0.1, 0.15) is 18.4 Å². The smallest absolute Gasteiger partial charge is 0.150 e. The molecule has 0 saturated heterocycles. The largest absolute Gasteiger partial charge is 0.313 e. The van der Waals surface area contributed by atoms with Gasteiger partial charge < -0.3 is 4.57 Å². The second kappa shape index (κ2) is 9.62. The Hall–Kier alpha value is -4.51. The molecule has 0 aliphatic rings. The SMILES string of the molecule is Cc1ccn(Cn2ccc(-c3cccc(-c4cccc(-c5ccc(C=O)cc5)c4C)c3C)cc2=N)n1. The van der Waals surface area contributed by atoms with Crippen molar-refractivity contribution in [3.8, 4) is 33.4 Å². The maximum absolute atomic E-state index is 11.1. The lowest BCUT2D eigenvalue weighted by atomic mass is 9.88. The Morgan fingerprint density at radius 1 is 0.750 bits per heavy atom. The van der Waals surface area contributed by atoms with Crippen molar-refractivity contribution in [2.45, 2.75) is 27.4 Å². The maximum atomic E-state index is 11.1. The fourth-order valence-corrected chi connectivity index (χ4v) is 4.74. The third-order valence-corrected chi connectivity index (χ3v) is 6.73. The molecule has 0 aliphatic heterocycles. The highest BCUT2D eigenvalue weighted by atomic mass is 16.1. The first-order valence-corrected chi connectivity index (χ1v) is 12.0. The summed E-state index contributed by atoms with van der Waals surface area (Å²) >= 11 is 0. The summed E-state index contributed by atoms with van der Waals surface area (Å²) in [5.41, 5.74) is 11.2. The van der Waals surface area contributed by atoms with E-state index >= 15 is 0 Å². The summed E-state index contributed by atoms with van der Waals surface area (Å²) in [5, 5.41) is 13.0. The van der Waals surface area contributed by atoms with E-state index < -0.39 is 0 Å². The average Bonchev–Trinajstić information content (AvgIpc) is 3.30. The van der Waals surface area contributed by atoms with Crippen molar-refractivity contribution in [1.29, 1.82) is 5.41 Å². The predicted octanol–water partition coefficient (Wildman–Crippen LogP) is 6.41. The first-order valence-electron chi connectivity index (χ1n) is 12.0. The van der Waals surface area contributed by atoms with Crippen LogP contribution >= 0.6 is 0 Å². The summed E-state index contributed by atoms with van der Waals surface area (Å²) < 4.78 is 3.71. The third kappa shape index (κ3) is 4.43. The summed E-state index contributed by atoms with van der Waals surface area (Å²) in [7, 11) is 0. The van der Waals surface area contributed by atoms with Crippen LogP contribution in [0.2, 0.25) is 0 Å². The Morgan fingerprint density at radius 3 is 1.92 bits per heavy atom. The lowest BCUT2D eigenvalue weighted by Gasteiger charge is -2.17. The molecule has 0 saturated carbocycles. The molecule has 0 bridgehead atoms. The van der Waals surface area contributed by atoms with Crippen molar-refractivity contribution in [2.75, 3.05) is 0 Å². The van der Waals surface area contributed by atoms with Crippen LogP contribution in [0.1, 0.15) is 27.2 Å². The van der Waals surface area contributed by atoms with Crippen molar-refractivity contribution >= 4 is 6.29 Å². The number of hydrogen-bond acceptors (Lipinski definition) is 3. The van der Waals surface area contributed by atoms with E-state index in [1.165, 1.54) is 22.3 Å². The van der Waals surface area contributed by atoms with Crippen molar-refractivity contribution in [1.82, 2.24) is 14.3 Å². The molecule has 5 rings (SSSR count). The van der Waals surface area contributed by atoms with Gasteiger partial charge in [0, 0.05) is 18.0 Å². The summed E-state index contributed by atoms with van der Waals surface area (Å²) in [5.74, 6) is 0. The van der Waals surface area contributed by atoms with Crippen LogP contribution in [0.5, 0.6) is 0 Å². The van der Waals surface area contributed by atoms with Crippen LogP contribution in [0.25, 0.3) is 33.4 Å². The molecule has 2 heterocycles. The lowest BCUT2D eigenvalue weighted by Crippen LogP contribution is -2.23. The Kier molecular flexibility index (Phi) is 6.21. The number of nitrogens with one attached hydrogen (secondary N) is 1. The molecule has 0 unspecified atom stereocenters. The predicted molar refractivity (Wildman–Crippen MR) is 144 cm³/mol. The first kappa shape index (κ1) is 23.2. The maximum Gasteiger partial charge on any atom is 0.150 e. The summed E-state index contributed by atoms with van der Waals surface area (Å²) in [6.07, 6.45) is 4.75. The highest BCUT2D eigenvalue weighted by molar-refractivity contribution is 5.84. The number of nitrogens with zero attached hydrogens (tertiary/aromatic N) is 3. The molecule has 0 amide bonds. The summed E-state index contributed by atoms with van der Waals surface area (Å²) in [6, 6.07) is 26.4. The fourth-order valence-electron chi connectivity index (χ4n) is 4.74. The molecule has 5 aromatic rings. The molecule has 36 heavy (non-hydrogen) atoms. The zero-order chi connectivity index (χ0) is 25.2. The average molecular weight is 473 g/mol. The van der Waals surface area contributed by atoms with Crippen LogP contribution in [-0.4, -0.2) is 20.6 Å². The van der Waals surface area contributed by atoms with Crippen LogP contribution in [-0.2, 0) is 6.67 Å². The Balaban J connectivity index is 1.51. The molecular formula is C31H28N4O. The van der Waals surface area contributed by atoms with Gasteiger partial charge in [-0.25, -0.2) is 0 Å². The second-order valence-corrected chi connectivity index (χ2v) is 9.10. The van der Waals surface area contributed by atoms with Gasteiger partial charge in [-0.3, -0.25) is 14.9 Å². The molecule has 0 fully saturated rings. The normalized spacial score (nSPS) is 11.0. The Bertz CT molecular complexity index is 1620. The second-order valence-electron chi connectivity index (χ2n) is 9.10. The van der Waals surface area contributed by atoms with E-state index in [1.807, 2.05) is 65.0 Å². The quantitative estimate of drug-likeness (QED) is 0.290. The monoisotopic (exact) mass is 472 g/mol. The van der Waals surface area contributed by atoms with Crippen LogP contribution < -0.4 is 5.49 Å². The number of aldehydes is 1.